The van der Waals surface area contributed by atoms with Gasteiger partial charge in [0.05, 0.1) is 18.3 Å². The van der Waals surface area contributed by atoms with Crippen LogP contribution in [-0.2, 0) is 6.54 Å². The van der Waals surface area contributed by atoms with E-state index in [4.69, 9.17) is 10.2 Å². The Bertz CT molecular complexity index is 787. The lowest BCUT2D eigenvalue weighted by Gasteiger charge is -2.06. The lowest BCUT2D eigenvalue weighted by atomic mass is 10.2. The SMILES string of the molecule is CNC(=O)c1nc2c(ccc3cnn(C[C@H](C)N)c32)o1. The van der Waals surface area contributed by atoms with Gasteiger partial charge < -0.3 is 15.5 Å². The van der Waals surface area contributed by atoms with Gasteiger partial charge in [-0.25, -0.2) is 4.98 Å². The van der Waals surface area contributed by atoms with Crippen LogP contribution in [0.1, 0.15) is 17.6 Å². The van der Waals surface area contributed by atoms with Crippen LogP contribution in [0.3, 0.4) is 0 Å². The molecule has 1 aromatic carbocycles. The minimum Gasteiger partial charge on any atom is -0.432 e. The Morgan fingerprint density at radius 2 is 2.35 bits per heavy atom. The van der Waals surface area contributed by atoms with Crippen LogP contribution < -0.4 is 11.1 Å². The first-order valence-electron chi connectivity index (χ1n) is 6.33. The Kier molecular flexibility index (Phi) is 2.90. The zero-order valence-electron chi connectivity index (χ0n) is 11.3. The van der Waals surface area contributed by atoms with Crippen molar-refractivity contribution in [3.8, 4) is 0 Å². The number of oxazole rings is 1. The van der Waals surface area contributed by atoms with E-state index in [2.05, 4.69) is 15.4 Å². The van der Waals surface area contributed by atoms with Crippen LogP contribution in [-0.4, -0.2) is 33.8 Å². The Morgan fingerprint density at radius 3 is 3.05 bits per heavy atom. The van der Waals surface area contributed by atoms with E-state index in [-0.39, 0.29) is 17.8 Å². The Hall–Kier alpha value is -2.41. The number of rotatable bonds is 3. The van der Waals surface area contributed by atoms with E-state index in [1.165, 1.54) is 7.05 Å². The van der Waals surface area contributed by atoms with Gasteiger partial charge in [-0.05, 0) is 19.1 Å². The lowest BCUT2D eigenvalue weighted by molar-refractivity contribution is 0.0931. The molecule has 20 heavy (non-hydrogen) atoms. The normalized spacial score (nSPS) is 12.9. The Balaban J connectivity index is 2.24. The fraction of sp³-hybridized carbons (Fsp3) is 0.308. The highest BCUT2D eigenvalue weighted by atomic mass is 16.4. The summed E-state index contributed by atoms with van der Waals surface area (Å²) in [5.74, 6) is -0.309. The van der Waals surface area contributed by atoms with Gasteiger partial charge in [-0.3, -0.25) is 9.48 Å². The molecular weight excluding hydrogens is 258 g/mol. The summed E-state index contributed by atoms with van der Waals surface area (Å²) in [5, 5.41) is 7.75. The highest BCUT2D eigenvalue weighted by Crippen LogP contribution is 2.25. The van der Waals surface area contributed by atoms with E-state index in [0.29, 0.717) is 17.6 Å². The van der Waals surface area contributed by atoms with E-state index in [9.17, 15) is 4.79 Å². The van der Waals surface area contributed by atoms with Gasteiger partial charge in [0, 0.05) is 18.5 Å². The van der Waals surface area contributed by atoms with Crippen molar-refractivity contribution in [3.63, 3.8) is 0 Å². The van der Waals surface area contributed by atoms with Crippen molar-refractivity contribution >= 4 is 27.9 Å². The number of benzene rings is 1. The van der Waals surface area contributed by atoms with Gasteiger partial charge in [0.1, 0.15) is 5.52 Å². The molecule has 7 heteroatoms. The van der Waals surface area contributed by atoms with E-state index < -0.39 is 0 Å². The van der Waals surface area contributed by atoms with Crippen LogP contribution in [0, 0.1) is 0 Å². The van der Waals surface area contributed by atoms with Crippen LogP contribution >= 0.6 is 0 Å². The van der Waals surface area contributed by atoms with Crippen LogP contribution in [0.5, 0.6) is 0 Å². The van der Waals surface area contributed by atoms with Crippen LogP contribution in [0.4, 0.5) is 0 Å². The molecule has 2 heterocycles. The van der Waals surface area contributed by atoms with Crippen LogP contribution in [0.15, 0.2) is 22.7 Å². The van der Waals surface area contributed by atoms with Crippen LogP contribution in [0.25, 0.3) is 22.0 Å². The maximum absolute atomic E-state index is 11.6. The molecule has 0 bridgehead atoms. The highest BCUT2D eigenvalue weighted by molar-refractivity contribution is 6.03. The van der Waals surface area contributed by atoms with Crippen molar-refractivity contribution in [3.05, 3.63) is 24.2 Å². The third kappa shape index (κ3) is 1.92. The molecule has 0 fully saturated rings. The van der Waals surface area contributed by atoms with Gasteiger partial charge in [-0.15, -0.1) is 0 Å². The fourth-order valence-corrected chi connectivity index (χ4v) is 2.18. The molecule has 0 radical (unpaired) electrons. The predicted octanol–water partition coefficient (Wildman–Crippen LogP) is 0.884. The first-order valence-corrected chi connectivity index (χ1v) is 6.33. The monoisotopic (exact) mass is 273 g/mol. The number of carbonyl (C=O) groups is 1. The number of nitrogens with zero attached hydrogens (tertiary/aromatic N) is 3. The summed E-state index contributed by atoms with van der Waals surface area (Å²) in [4.78, 5) is 15.9. The topological polar surface area (TPSA) is 99.0 Å². The van der Waals surface area contributed by atoms with Crippen molar-refractivity contribution in [2.75, 3.05) is 7.05 Å². The molecule has 0 aliphatic heterocycles. The van der Waals surface area contributed by atoms with E-state index in [1.54, 1.807) is 16.9 Å². The van der Waals surface area contributed by atoms with E-state index in [0.717, 1.165) is 10.9 Å². The third-order valence-corrected chi connectivity index (χ3v) is 3.04. The highest BCUT2D eigenvalue weighted by Gasteiger charge is 2.17. The number of hydrogen-bond donors (Lipinski definition) is 2. The molecule has 0 aliphatic rings. The Labute approximate surface area is 114 Å². The number of carbonyl (C=O) groups excluding carboxylic acids is 1. The van der Waals surface area contributed by atoms with Crippen molar-refractivity contribution in [2.24, 2.45) is 5.73 Å². The fourth-order valence-electron chi connectivity index (χ4n) is 2.18. The molecule has 3 aromatic rings. The number of aromatic nitrogens is 3. The third-order valence-electron chi connectivity index (χ3n) is 3.04. The molecule has 0 spiro atoms. The first kappa shape index (κ1) is 12.6. The number of fused-ring (bicyclic) bond motifs is 3. The van der Waals surface area contributed by atoms with Gasteiger partial charge in [0.25, 0.3) is 5.89 Å². The van der Waals surface area contributed by atoms with Crippen molar-refractivity contribution in [1.82, 2.24) is 20.1 Å². The summed E-state index contributed by atoms with van der Waals surface area (Å²) in [6, 6.07) is 3.65. The zero-order valence-corrected chi connectivity index (χ0v) is 11.3. The second-order valence-electron chi connectivity index (χ2n) is 4.75. The Morgan fingerprint density at radius 1 is 1.55 bits per heavy atom. The number of amides is 1. The minimum absolute atomic E-state index is 0.0290. The first-order chi connectivity index (χ1) is 9.60. The van der Waals surface area contributed by atoms with E-state index >= 15 is 0 Å². The largest absolute Gasteiger partial charge is 0.432 e. The average molecular weight is 273 g/mol. The van der Waals surface area contributed by atoms with Crippen LogP contribution in [0.2, 0.25) is 0 Å². The molecule has 1 amide bonds. The van der Waals surface area contributed by atoms with Gasteiger partial charge in [-0.2, -0.15) is 5.10 Å². The summed E-state index contributed by atoms with van der Waals surface area (Å²) in [7, 11) is 1.53. The maximum Gasteiger partial charge on any atom is 0.306 e. The summed E-state index contributed by atoms with van der Waals surface area (Å²) in [6.07, 6.45) is 1.76. The maximum atomic E-state index is 11.6. The molecule has 104 valence electrons. The summed E-state index contributed by atoms with van der Waals surface area (Å²) < 4.78 is 7.25. The standard InChI is InChI=1S/C13H15N5O2/c1-7(14)6-18-11-8(5-16-18)3-4-9-10(11)17-13(20-9)12(19)15-2/h3-5,7H,6,14H2,1-2H3,(H,15,19)/t7-/m0/s1. The molecule has 3 rings (SSSR count). The van der Waals surface area contributed by atoms with Gasteiger partial charge >= 0.3 is 5.91 Å². The number of nitrogens with two attached hydrogens (primary N) is 1. The molecule has 2 aromatic heterocycles. The molecule has 0 saturated heterocycles. The van der Waals surface area contributed by atoms with Crippen molar-refractivity contribution < 1.29 is 9.21 Å². The summed E-state index contributed by atoms with van der Waals surface area (Å²) in [6.45, 7) is 2.48. The quantitative estimate of drug-likeness (QED) is 0.738. The second-order valence-corrected chi connectivity index (χ2v) is 4.75. The summed E-state index contributed by atoms with van der Waals surface area (Å²) >= 11 is 0. The van der Waals surface area contributed by atoms with Gasteiger partial charge in [-0.1, -0.05) is 0 Å². The average Bonchev–Trinajstić information content (AvgIpc) is 3.00. The number of nitrogens with one attached hydrogen (secondary N) is 1. The molecule has 3 N–H and O–H groups in total. The second kappa shape index (κ2) is 4.61. The molecule has 0 saturated carbocycles. The number of hydrogen-bond acceptors (Lipinski definition) is 5. The zero-order chi connectivity index (χ0) is 14.3. The van der Waals surface area contributed by atoms with Gasteiger partial charge in [0.15, 0.2) is 5.58 Å². The van der Waals surface area contributed by atoms with Crippen molar-refractivity contribution in [1.29, 1.82) is 0 Å². The summed E-state index contributed by atoms with van der Waals surface area (Å²) in [5.41, 5.74) is 7.84. The minimum atomic E-state index is -0.354. The molecule has 7 nitrogen and oxygen atoms in total. The lowest BCUT2D eigenvalue weighted by Crippen LogP contribution is -2.22. The molecular formula is C13H15N5O2. The van der Waals surface area contributed by atoms with E-state index in [1.807, 2.05) is 13.0 Å². The smallest absolute Gasteiger partial charge is 0.306 e. The molecule has 0 aliphatic carbocycles. The van der Waals surface area contributed by atoms with Gasteiger partial charge in [0.2, 0.25) is 0 Å². The molecule has 1 atom stereocenters. The predicted molar refractivity (Wildman–Crippen MR) is 74.3 cm³/mol. The van der Waals surface area contributed by atoms with Crippen molar-refractivity contribution in [2.45, 2.75) is 19.5 Å². The molecule has 0 unspecified atom stereocenters.